The number of methoxy groups -OCH3 is 1. The Hall–Kier alpha value is -1.85. The van der Waals surface area contributed by atoms with Crippen LogP contribution in [0.5, 0.6) is 5.75 Å². The van der Waals surface area contributed by atoms with Gasteiger partial charge in [-0.15, -0.1) is 0 Å². The van der Waals surface area contributed by atoms with Gasteiger partial charge in [0.25, 0.3) is 0 Å². The molecule has 2 aromatic rings. The number of rotatable bonds is 4. The van der Waals surface area contributed by atoms with Crippen molar-refractivity contribution in [2.45, 2.75) is 81.4 Å². The van der Waals surface area contributed by atoms with Gasteiger partial charge in [0, 0.05) is 36.5 Å². The van der Waals surface area contributed by atoms with Crippen LogP contribution in [0.2, 0.25) is 0 Å². The predicted octanol–water partition coefficient (Wildman–Crippen LogP) is 3.34. The number of likely N-dealkylation sites (tertiary alicyclic amines) is 1. The average molecular weight is 420 g/mol. The lowest BCUT2D eigenvalue weighted by molar-refractivity contribution is -0.152. The molecule has 5 nitrogen and oxygen atoms in total. The molecule has 2 saturated carbocycles. The van der Waals surface area contributed by atoms with Crippen LogP contribution in [0.1, 0.15) is 66.2 Å². The van der Waals surface area contributed by atoms with Gasteiger partial charge >= 0.3 is 0 Å². The summed E-state index contributed by atoms with van der Waals surface area (Å²) in [5.74, 6) is 1.75. The zero-order valence-corrected chi connectivity index (χ0v) is 18.7. The largest absolute Gasteiger partial charge is 0.497 e. The Morgan fingerprint density at radius 1 is 1.19 bits per heavy atom. The summed E-state index contributed by atoms with van der Waals surface area (Å²) in [6, 6.07) is 7.38. The van der Waals surface area contributed by atoms with Gasteiger partial charge in [0.05, 0.1) is 24.4 Å². The number of nitrogens with zero attached hydrogens (tertiary/aromatic N) is 3. The minimum Gasteiger partial charge on any atom is -0.497 e. The first-order valence-electron chi connectivity index (χ1n) is 12.2. The summed E-state index contributed by atoms with van der Waals surface area (Å²) in [5.41, 5.74) is 5.62. The van der Waals surface area contributed by atoms with Crippen molar-refractivity contribution in [1.82, 2.24) is 14.7 Å². The van der Waals surface area contributed by atoms with Crippen LogP contribution in [0, 0.1) is 12.8 Å². The number of hydrogen-bond donors (Lipinski definition) is 1. The van der Waals surface area contributed by atoms with E-state index in [1.165, 1.54) is 48.1 Å². The lowest BCUT2D eigenvalue weighted by Gasteiger charge is -2.63. The lowest BCUT2D eigenvalue weighted by atomic mass is 9.49. The molecule has 3 fully saturated rings. The summed E-state index contributed by atoms with van der Waals surface area (Å²) in [6.07, 6.45) is 8.81. The number of benzene rings is 1. The van der Waals surface area contributed by atoms with Gasteiger partial charge in [0.1, 0.15) is 5.75 Å². The molecule has 4 aliphatic carbocycles. The first kappa shape index (κ1) is 18.7. The summed E-state index contributed by atoms with van der Waals surface area (Å²) < 4.78 is 7.98. The third-order valence-electron chi connectivity index (χ3n) is 9.21. The highest BCUT2D eigenvalue weighted by atomic mass is 16.5. The van der Waals surface area contributed by atoms with Crippen LogP contribution < -0.4 is 4.74 Å². The van der Waals surface area contributed by atoms with E-state index in [0.29, 0.717) is 6.04 Å². The molecule has 31 heavy (non-hydrogen) atoms. The van der Waals surface area contributed by atoms with E-state index in [-0.39, 0.29) is 11.5 Å². The zero-order valence-electron chi connectivity index (χ0n) is 18.7. The van der Waals surface area contributed by atoms with Gasteiger partial charge in [-0.25, -0.2) is 0 Å². The lowest BCUT2D eigenvalue weighted by Crippen LogP contribution is -2.74. The topological polar surface area (TPSA) is 50.5 Å². The first-order chi connectivity index (χ1) is 15.0. The molecule has 164 valence electrons. The minimum absolute atomic E-state index is 0.194. The van der Waals surface area contributed by atoms with Crippen LogP contribution >= 0.6 is 0 Å². The fourth-order valence-electron chi connectivity index (χ4n) is 7.21. The van der Waals surface area contributed by atoms with Gasteiger partial charge in [0.15, 0.2) is 0 Å². The Balaban J connectivity index is 1.42. The minimum atomic E-state index is -0.741. The van der Waals surface area contributed by atoms with Crippen molar-refractivity contribution in [2.24, 2.45) is 5.92 Å². The molecule has 0 spiro atoms. The van der Waals surface area contributed by atoms with Crippen molar-refractivity contribution in [3.63, 3.8) is 0 Å². The summed E-state index contributed by atoms with van der Waals surface area (Å²) in [6.45, 7) is 4.39. The van der Waals surface area contributed by atoms with E-state index in [9.17, 15) is 5.11 Å². The van der Waals surface area contributed by atoms with Gasteiger partial charge in [-0.1, -0.05) is 6.07 Å². The molecule has 1 N–H and O–H groups in total. The van der Waals surface area contributed by atoms with E-state index in [4.69, 9.17) is 9.84 Å². The smallest absolute Gasteiger partial charge is 0.119 e. The third-order valence-corrected chi connectivity index (χ3v) is 9.21. The van der Waals surface area contributed by atoms with Crippen molar-refractivity contribution < 1.29 is 9.84 Å². The molecule has 0 radical (unpaired) electrons. The normalized spacial score (nSPS) is 34.1. The summed E-state index contributed by atoms with van der Waals surface area (Å²) in [7, 11) is 1.75. The predicted molar refractivity (Wildman–Crippen MR) is 119 cm³/mol. The number of aliphatic hydroxyl groups is 1. The second kappa shape index (κ2) is 6.14. The van der Waals surface area contributed by atoms with Crippen LogP contribution in [-0.4, -0.2) is 51.6 Å². The fourth-order valence-corrected chi connectivity index (χ4v) is 7.21. The van der Waals surface area contributed by atoms with Gasteiger partial charge in [-0.2, -0.15) is 5.10 Å². The van der Waals surface area contributed by atoms with Crippen molar-refractivity contribution >= 4 is 0 Å². The highest BCUT2D eigenvalue weighted by Gasteiger charge is 2.65. The van der Waals surface area contributed by atoms with E-state index in [1.807, 2.05) is 0 Å². The maximum atomic E-state index is 12.7. The van der Waals surface area contributed by atoms with Gasteiger partial charge in [0.2, 0.25) is 0 Å². The van der Waals surface area contributed by atoms with Gasteiger partial charge in [-0.3, -0.25) is 9.58 Å². The Morgan fingerprint density at radius 3 is 2.77 bits per heavy atom. The number of aromatic nitrogens is 2. The maximum absolute atomic E-state index is 12.7. The molecule has 2 heterocycles. The van der Waals surface area contributed by atoms with Crippen LogP contribution in [0.25, 0.3) is 0 Å². The highest BCUT2D eigenvalue weighted by molar-refractivity contribution is 5.52. The Bertz CT molecular complexity index is 1070. The van der Waals surface area contributed by atoms with Crippen LogP contribution in [0.15, 0.2) is 18.2 Å². The van der Waals surface area contributed by atoms with Gasteiger partial charge < -0.3 is 9.84 Å². The number of fused-ring (bicyclic) bond motifs is 2. The molecule has 1 saturated heterocycles. The average Bonchev–Trinajstić information content (AvgIpc) is 3.68. The Kier molecular flexibility index (Phi) is 3.70. The molecule has 7 rings (SSSR count). The quantitative estimate of drug-likeness (QED) is 0.826. The Morgan fingerprint density at radius 2 is 2.03 bits per heavy atom. The molecule has 0 amide bonds. The molecule has 2 bridgehead atoms. The van der Waals surface area contributed by atoms with E-state index in [2.05, 4.69) is 34.7 Å². The van der Waals surface area contributed by atoms with E-state index in [1.54, 1.807) is 7.11 Å². The number of ether oxygens (including phenoxy) is 1. The van der Waals surface area contributed by atoms with E-state index >= 15 is 0 Å². The van der Waals surface area contributed by atoms with Crippen LogP contribution in [-0.2, 0) is 24.7 Å². The molecule has 1 aromatic heterocycles. The zero-order chi connectivity index (χ0) is 21.0. The highest BCUT2D eigenvalue weighted by Crippen LogP contribution is 2.58. The van der Waals surface area contributed by atoms with Crippen molar-refractivity contribution in [2.75, 3.05) is 20.2 Å². The molecular formula is C26H33N3O2. The Labute approximate surface area is 184 Å². The van der Waals surface area contributed by atoms with E-state index < -0.39 is 5.60 Å². The molecule has 1 aromatic carbocycles. The third kappa shape index (κ3) is 2.48. The van der Waals surface area contributed by atoms with Crippen molar-refractivity contribution in [3.8, 4) is 5.75 Å². The van der Waals surface area contributed by atoms with Gasteiger partial charge in [-0.05, 0) is 86.7 Å². The van der Waals surface area contributed by atoms with Crippen molar-refractivity contribution in [3.05, 3.63) is 46.3 Å². The SMILES string of the molecule is COc1ccc2c(c1)[C@]13CCN(CC4CC4)[C@H](C2)[C@]1(O)Cc1c(C)nn(C2CC2)c1C3. The van der Waals surface area contributed by atoms with E-state index in [0.717, 1.165) is 56.1 Å². The number of aryl methyl sites for hydroxylation is 1. The summed E-state index contributed by atoms with van der Waals surface area (Å²) in [4.78, 5) is 2.65. The first-order valence-corrected chi connectivity index (χ1v) is 12.2. The maximum Gasteiger partial charge on any atom is 0.119 e. The van der Waals surface area contributed by atoms with Crippen LogP contribution in [0.3, 0.4) is 0 Å². The second-order valence-corrected chi connectivity index (χ2v) is 11.0. The molecule has 3 atom stereocenters. The molecule has 0 unspecified atom stereocenters. The number of hydrogen-bond acceptors (Lipinski definition) is 4. The molecule has 5 aliphatic rings. The summed E-state index contributed by atoms with van der Waals surface area (Å²) >= 11 is 0. The van der Waals surface area contributed by atoms with Crippen LogP contribution in [0.4, 0.5) is 0 Å². The second-order valence-electron chi connectivity index (χ2n) is 11.0. The fraction of sp³-hybridized carbons (Fsp3) is 0.654. The van der Waals surface area contributed by atoms with Crippen molar-refractivity contribution in [1.29, 1.82) is 0 Å². The summed E-state index contributed by atoms with van der Waals surface area (Å²) in [5, 5.41) is 17.7. The number of piperidine rings is 1. The monoisotopic (exact) mass is 419 g/mol. The molecular weight excluding hydrogens is 386 g/mol. The standard InChI is InChI=1S/C26H33N3O2/c1-16-21-13-26(30)24-11-18-5-8-20(31-2)12-22(18)25(26,9-10-28(24)15-17-3-4-17)14-23(21)29(27-16)19-6-7-19/h5,8,12,17,19,24,30H,3-4,6-7,9-11,13-15H2,1-2H3/t24-,25-,26-/m1/s1. The molecule has 5 heteroatoms. The molecule has 1 aliphatic heterocycles.